The first kappa shape index (κ1) is 18.2. The highest BCUT2D eigenvalue weighted by Gasteiger charge is 2.40. The first-order valence-corrected chi connectivity index (χ1v) is 8.89. The van der Waals surface area contributed by atoms with E-state index in [-0.39, 0.29) is 23.6 Å². The minimum Gasteiger partial charge on any atom is -0.350 e. The van der Waals surface area contributed by atoms with Crippen molar-refractivity contribution in [3.63, 3.8) is 0 Å². The number of anilines is 1. The van der Waals surface area contributed by atoms with E-state index in [0.29, 0.717) is 16.3 Å². The second kappa shape index (κ2) is 6.96. The van der Waals surface area contributed by atoms with E-state index < -0.39 is 0 Å². The van der Waals surface area contributed by atoms with Crippen LogP contribution >= 0.6 is 11.6 Å². The number of imide groups is 1. The second-order valence-electron chi connectivity index (χ2n) is 6.78. The van der Waals surface area contributed by atoms with E-state index in [0.717, 1.165) is 16.7 Å². The maximum absolute atomic E-state index is 12.9. The van der Waals surface area contributed by atoms with Crippen molar-refractivity contribution in [3.05, 3.63) is 69.9 Å². The van der Waals surface area contributed by atoms with Crippen LogP contribution in [-0.4, -0.2) is 22.8 Å². The predicted octanol–water partition coefficient (Wildman–Crippen LogP) is 4.56. The monoisotopic (exact) mass is 368 g/mol. The summed E-state index contributed by atoms with van der Waals surface area (Å²) in [5, 5.41) is 3.72. The number of hydrogen-bond acceptors (Lipinski definition) is 3. The van der Waals surface area contributed by atoms with Crippen LogP contribution in [0.5, 0.6) is 0 Å². The van der Waals surface area contributed by atoms with Crippen molar-refractivity contribution in [1.29, 1.82) is 0 Å². The molecule has 5 heteroatoms. The number of nitrogens with one attached hydrogen (secondary N) is 1. The lowest BCUT2D eigenvalue weighted by molar-refractivity contribution is -0.138. The summed E-state index contributed by atoms with van der Waals surface area (Å²) in [5.74, 6) is -0.605. The lowest BCUT2D eigenvalue weighted by Crippen LogP contribution is -2.38. The van der Waals surface area contributed by atoms with Gasteiger partial charge in [0.1, 0.15) is 5.70 Å². The Morgan fingerprint density at radius 1 is 0.962 bits per heavy atom. The third kappa shape index (κ3) is 3.25. The normalized spacial score (nSPS) is 14.6. The van der Waals surface area contributed by atoms with Crippen molar-refractivity contribution in [3.8, 4) is 0 Å². The van der Waals surface area contributed by atoms with Crippen molar-refractivity contribution in [2.45, 2.75) is 33.7 Å². The summed E-state index contributed by atoms with van der Waals surface area (Å²) in [6, 6.07) is 12.8. The molecule has 26 heavy (non-hydrogen) atoms. The molecule has 1 aliphatic heterocycles. The van der Waals surface area contributed by atoms with E-state index in [1.807, 2.05) is 64.1 Å². The van der Waals surface area contributed by atoms with Gasteiger partial charge in [-0.1, -0.05) is 47.5 Å². The molecular weight excluding hydrogens is 348 g/mol. The SMILES string of the molecule is Cc1ccc(C2=C(Nc3ccc(C)c(Cl)c3)C(=O)N(C(C)C)C2=O)cc1. The van der Waals surface area contributed by atoms with Crippen molar-refractivity contribution in [1.82, 2.24) is 4.90 Å². The Kier molecular flexibility index (Phi) is 4.88. The van der Waals surface area contributed by atoms with Crippen molar-refractivity contribution >= 4 is 34.7 Å². The highest BCUT2D eigenvalue weighted by atomic mass is 35.5. The van der Waals surface area contributed by atoms with Gasteiger partial charge >= 0.3 is 0 Å². The van der Waals surface area contributed by atoms with Crippen LogP contribution in [0.3, 0.4) is 0 Å². The highest BCUT2D eigenvalue weighted by Crippen LogP contribution is 2.32. The number of nitrogens with zero attached hydrogens (tertiary/aromatic N) is 1. The van der Waals surface area contributed by atoms with Gasteiger partial charge in [0.25, 0.3) is 11.8 Å². The van der Waals surface area contributed by atoms with Crippen LogP contribution in [0.2, 0.25) is 5.02 Å². The molecule has 0 radical (unpaired) electrons. The van der Waals surface area contributed by atoms with Crippen LogP contribution in [0.4, 0.5) is 5.69 Å². The Labute approximate surface area is 158 Å². The first-order chi connectivity index (χ1) is 12.3. The van der Waals surface area contributed by atoms with Gasteiger partial charge in [-0.05, 0) is 51.0 Å². The Hall–Kier alpha value is -2.59. The van der Waals surface area contributed by atoms with E-state index >= 15 is 0 Å². The second-order valence-corrected chi connectivity index (χ2v) is 7.19. The van der Waals surface area contributed by atoms with Crippen LogP contribution in [0.1, 0.15) is 30.5 Å². The maximum atomic E-state index is 12.9. The molecule has 1 N–H and O–H groups in total. The first-order valence-electron chi connectivity index (χ1n) is 8.52. The largest absolute Gasteiger partial charge is 0.350 e. The average molecular weight is 369 g/mol. The molecule has 4 nitrogen and oxygen atoms in total. The Morgan fingerprint density at radius 3 is 2.19 bits per heavy atom. The molecule has 0 saturated heterocycles. The molecule has 0 unspecified atom stereocenters. The van der Waals surface area contributed by atoms with E-state index in [4.69, 9.17) is 11.6 Å². The molecule has 1 heterocycles. The van der Waals surface area contributed by atoms with Gasteiger partial charge in [-0.15, -0.1) is 0 Å². The molecule has 0 bridgehead atoms. The molecule has 2 amide bonds. The molecule has 0 spiro atoms. The van der Waals surface area contributed by atoms with Crippen molar-refractivity contribution < 1.29 is 9.59 Å². The molecule has 3 rings (SSSR count). The zero-order valence-electron chi connectivity index (χ0n) is 15.3. The topological polar surface area (TPSA) is 49.4 Å². The number of carbonyl (C=O) groups is 2. The third-order valence-electron chi connectivity index (χ3n) is 4.41. The lowest BCUT2D eigenvalue weighted by Gasteiger charge is -2.19. The van der Waals surface area contributed by atoms with Gasteiger partial charge in [0.2, 0.25) is 0 Å². The molecule has 2 aromatic rings. The number of rotatable bonds is 4. The molecule has 134 valence electrons. The van der Waals surface area contributed by atoms with E-state index in [1.54, 1.807) is 6.07 Å². The van der Waals surface area contributed by atoms with Crippen LogP contribution in [0.15, 0.2) is 48.2 Å². The molecule has 0 fully saturated rings. The van der Waals surface area contributed by atoms with Crippen LogP contribution in [0.25, 0.3) is 5.57 Å². The van der Waals surface area contributed by atoms with E-state index in [2.05, 4.69) is 5.32 Å². The fourth-order valence-electron chi connectivity index (χ4n) is 2.93. The number of benzene rings is 2. The molecule has 0 atom stereocenters. The van der Waals surface area contributed by atoms with Crippen LogP contribution in [-0.2, 0) is 9.59 Å². The third-order valence-corrected chi connectivity index (χ3v) is 4.82. The summed E-state index contributed by atoms with van der Waals surface area (Å²) < 4.78 is 0. The van der Waals surface area contributed by atoms with Gasteiger partial charge in [-0.25, -0.2) is 0 Å². The van der Waals surface area contributed by atoms with Gasteiger partial charge in [0.15, 0.2) is 0 Å². The summed E-state index contributed by atoms with van der Waals surface area (Å²) in [7, 11) is 0. The standard InChI is InChI=1S/C21H21ClN2O2/c1-12(2)24-20(25)18(15-8-5-13(3)6-9-15)19(21(24)26)23-16-10-7-14(4)17(22)11-16/h5-12,23H,1-4H3. The molecule has 0 aromatic heterocycles. The smallest absolute Gasteiger partial charge is 0.278 e. The summed E-state index contributed by atoms with van der Waals surface area (Å²) in [5.41, 5.74) is 4.10. The zero-order chi connectivity index (χ0) is 19.0. The lowest BCUT2D eigenvalue weighted by atomic mass is 10.0. The number of hydrogen-bond donors (Lipinski definition) is 1. The summed E-state index contributed by atoms with van der Waals surface area (Å²) in [6.45, 7) is 7.55. The van der Waals surface area contributed by atoms with Crippen LogP contribution < -0.4 is 5.32 Å². The summed E-state index contributed by atoms with van der Waals surface area (Å²) in [6.07, 6.45) is 0. The van der Waals surface area contributed by atoms with Crippen molar-refractivity contribution in [2.75, 3.05) is 5.32 Å². The molecular formula is C21H21ClN2O2. The Morgan fingerprint density at radius 2 is 1.62 bits per heavy atom. The fourth-order valence-corrected chi connectivity index (χ4v) is 3.12. The zero-order valence-corrected chi connectivity index (χ0v) is 16.0. The highest BCUT2D eigenvalue weighted by molar-refractivity contribution is 6.36. The van der Waals surface area contributed by atoms with Gasteiger partial charge in [0, 0.05) is 16.8 Å². The van der Waals surface area contributed by atoms with E-state index in [1.165, 1.54) is 4.90 Å². The number of amides is 2. The minimum atomic E-state index is -0.322. The molecule has 1 aliphatic rings. The average Bonchev–Trinajstić information content (AvgIpc) is 2.82. The van der Waals surface area contributed by atoms with Crippen molar-refractivity contribution in [2.24, 2.45) is 0 Å². The Bertz CT molecular complexity index is 914. The molecule has 2 aromatic carbocycles. The number of halogens is 1. The number of carbonyl (C=O) groups excluding carboxylic acids is 2. The van der Waals surface area contributed by atoms with E-state index in [9.17, 15) is 9.59 Å². The maximum Gasteiger partial charge on any atom is 0.278 e. The molecule has 0 saturated carbocycles. The van der Waals surface area contributed by atoms with Gasteiger partial charge in [-0.2, -0.15) is 0 Å². The van der Waals surface area contributed by atoms with Crippen LogP contribution in [0, 0.1) is 13.8 Å². The van der Waals surface area contributed by atoms with Gasteiger partial charge in [0.05, 0.1) is 5.57 Å². The van der Waals surface area contributed by atoms with Gasteiger partial charge in [-0.3, -0.25) is 14.5 Å². The number of aryl methyl sites for hydroxylation is 2. The Balaban J connectivity index is 2.10. The minimum absolute atomic E-state index is 0.226. The quantitative estimate of drug-likeness (QED) is 0.805. The summed E-state index contributed by atoms with van der Waals surface area (Å²) in [4.78, 5) is 27.1. The summed E-state index contributed by atoms with van der Waals surface area (Å²) >= 11 is 6.20. The molecule has 0 aliphatic carbocycles. The fraction of sp³-hybridized carbons (Fsp3) is 0.238. The van der Waals surface area contributed by atoms with Gasteiger partial charge < -0.3 is 5.32 Å². The predicted molar refractivity (Wildman–Crippen MR) is 105 cm³/mol.